The summed E-state index contributed by atoms with van der Waals surface area (Å²) in [6.45, 7) is 6.26. The summed E-state index contributed by atoms with van der Waals surface area (Å²) in [5, 5.41) is 6.90. The van der Waals surface area contributed by atoms with Crippen LogP contribution in [0.2, 0.25) is 0 Å². The Balaban J connectivity index is 1.95. The molecule has 0 radical (unpaired) electrons. The van der Waals surface area contributed by atoms with Gasteiger partial charge in [0.2, 0.25) is 0 Å². The van der Waals surface area contributed by atoms with Crippen molar-refractivity contribution < 1.29 is 4.74 Å². The Bertz CT molecular complexity index is 133. The molecule has 2 saturated heterocycles. The van der Waals surface area contributed by atoms with Gasteiger partial charge in [0.05, 0.1) is 13.2 Å². The molecule has 2 aliphatic rings. The van der Waals surface area contributed by atoms with Gasteiger partial charge in [0.25, 0.3) is 0 Å². The third-order valence-corrected chi connectivity index (χ3v) is 2.89. The quantitative estimate of drug-likeness (QED) is 0.536. The molecular formula is C9H18N2O. The van der Waals surface area contributed by atoms with Crippen molar-refractivity contribution in [2.75, 3.05) is 39.4 Å². The molecule has 1 atom stereocenters. The fourth-order valence-corrected chi connectivity index (χ4v) is 2.14. The highest BCUT2D eigenvalue weighted by Gasteiger charge is 2.32. The van der Waals surface area contributed by atoms with Crippen molar-refractivity contribution in [2.24, 2.45) is 5.41 Å². The Hall–Kier alpha value is -0.120. The van der Waals surface area contributed by atoms with Gasteiger partial charge in [-0.25, -0.2) is 0 Å². The normalized spacial score (nSPS) is 38.0. The lowest BCUT2D eigenvalue weighted by Crippen LogP contribution is -2.47. The Morgan fingerprint density at radius 1 is 1.08 bits per heavy atom. The van der Waals surface area contributed by atoms with Crippen molar-refractivity contribution in [3.05, 3.63) is 0 Å². The molecule has 1 spiro atoms. The first kappa shape index (κ1) is 8.48. The van der Waals surface area contributed by atoms with E-state index in [-0.39, 0.29) is 0 Å². The van der Waals surface area contributed by atoms with Crippen LogP contribution >= 0.6 is 0 Å². The molecule has 3 nitrogen and oxygen atoms in total. The predicted molar refractivity (Wildman–Crippen MR) is 48.2 cm³/mol. The lowest BCUT2D eigenvalue weighted by atomic mass is 9.81. The summed E-state index contributed by atoms with van der Waals surface area (Å²) in [5.41, 5.74) is 0.398. The minimum absolute atomic E-state index is 0.398. The molecule has 2 heterocycles. The van der Waals surface area contributed by atoms with Gasteiger partial charge in [0.1, 0.15) is 0 Å². The maximum atomic E-state index is 5.59. The van der Waals surface area contributed by atoms with E-state index < -0.39 is 0 Å². The lowest BCUT2D eigenvalue weighted by Gasteiger charge is -2.36. The van der Waals surface area contributed by atoms with Crippen LogP contribution < -0.4 is 10.6 Å². The minimum Gasteiger partial charge on any atom is -0.379 e. The average molecular weight is 170 g/mol. The minimum atomic E-state index is 0.398. The molecule has 0 aromatic carbocycles. The second-order valence-corrected chi connectivity index (χ2v) is 4.01. The largest absolute Gasteiger partial charge is 0.379 e. The fourth-order valence-electron chi connectivity index (χ4n) is 2.14. The third kappa shape index (κ3) is 1.79. The Kier molecular flexibility index (Phi) is 2.63. The zero-order valence-electron chi connectivity index (χ0n) is 7.57. The molecule has 12 heavy (non-hydrogen) atoms. The maximum absolute atomic E-state index is 5.59. The zero-order chi connectivity index (χ0) is 8.28. The Morgan fingerprint density at radius 2 is 1.92 bits per heavy atom. The van der Waals surface area contributed by atoms with Gasteiger partial charge in [-0.1, -0.05) is 0 Å². The van der Waals surface area contributed by atoms with Crippen LogP contribution in [-0.4, -0.2) is 39.4 Å². The van der Waals surface area contributed by atoms with E-state index in [4.69, 9.17) is 4.74 Å². The summed E-state index contributed by atoms with van der Waals surface area (Å²) in [6.07, 6.45) is 2.61. The lowest BCUT2D eigenvalue weighted by molar-refractivity contribution is 0.0532. The van der Waals surface area contributed by atoms with E-state index in [1.54, 1.807) is 0 Å². The van der Waals surface area contributed by atoms with Crippen LogP contribution in [0.15, 0.2) is 0 Å². The summed E-state index contributed by atoms with van der Waals surface area (Å²) in [5.74, 6) is 0. The number of ether oxygens (including phenoxy) is 1. The third-order valence-electron chi connectivity index (χ3n) is 2.89. The predicted octanol–water partition coefficient (Wildman–Crippen LogP) is -0.0240. The smallest absolute Gasteiger partial charge is 0.0591 e. The SMILES string of the molecule is C1CNCC2(C1)CNCCOC2. The van der Waals surface area contributed by atoms with Gasteiger partial charge in [-0.3, -0.25) is 0 Å². The van der Waals surface area contributed by atoms with Gasteiger partial charge in [-0.15, -0.1) is 0 Å². The number of rotatable bonds is 0. The van der Waals surface area contributed by atoms with Gasteiger partial charge >= 0.3 is 0 Å². The highest BCUT2D eigenvalue weighted by atomic mass is 16.5. The molecule has 0 aromatic heterocycles. The van der Waals surface area contributed by atoms with E-state index in [0.29, 0.717) is 5.41 Å². The van der Waals surface area contributed by atoms with Crippen molar-refractivity contribution in [3.63, 3.8) is 0 Å². The average Bonchev–Trinajstić information content (AvgIpc) is 2.33. The standard InChI is InChI=1S/C9H18N2O/c1-2-9(6-10-3-1)7-11-4-5-12-8-9/h10-11H,1-8H2. The highest BCUT2D eigenvalue weighted by Crippen LogP contribution is 2.26. The number of piperidine rings is 1. The molecule has 0 amide bonds. The van der Waals surface area contributed by atoms with Gasteiger partial charge in [0, 0.05) is 25.0 Å². The second-order valence-electron chi connectivity index (χ2n) is 4.01. The first-order valence-corrected chi connectivity index (χ1v) is 4.91. The fraction of sp³-hybridized carbons (Fsp3) is 1.00. The molecule has 0 bridgehead atoms. The van der Waals surface area contributed by atoms with Crippen molar-refractivity contribution in [3.8, 4) is 0 Å². The Morgan fingerprint density at radius 3 is 2.67 bits per heavy atom. The summed E-state index contributed by atoms with van der Waals surface area (Å²) in [7, 11) is 0. The summed E-state index contributed by atoms with van der Waals surface area (Å²) >= 11 is 0. The molecule has 2 fully saturated rings. The van der Waals surface area contributed by atoms with Crippen LogP contribution in [0.3, 0.4) is 0 Å². The monoisotopic (exact) mass is 170 g/mol. The van der Waals surface area contributed by atoms with Crippen molar-refractivity contribution in [2.45, 2.75) is 12.8 Å². The Labute approximate surface area is 73.9 Å². The molecule has 2 rings (SSSR count). The maximum Gasteiger partial charge on any atom is 0.0591 e. The molecule has 70 valence electrons. The number of nitrogens with one attached hydrogen (secondary N) is 2. The van der Waals surface area contributed by atoms with E-state index in [0.717, 1.165) is 32.8 Å². The van der Waals surface area contributed by atoms with E-state index in [1.807, 2.05) is 0 Å². The molecule has 3 heteroatoms. The van der Waals surface area contributed by atoms with E-state index in [9.17, 15) is 0 Å². The topological polar surface area (TPSA) is 33.3 Å². The molecule has 2 N–H and O–H groups in total. The van der Waals surface area contributed by atoms with Crippen LogP contribution in [0.1, 0.15) is 12.8 Å². The van der Waals surface area contributed by atoms with Crippen LogP contribution in [-0.2, 0) is 4.74 Å². The molecule has 0 aromatic rings. The first-order valence-electron chi connectivity index (χ1n) is 4.91. The zero-order valence-corrected chi connectivity index (χ0v) is 7.57. The highest BCUT2D eigenvalue weighted by molar-refractivity contribution is 4.88. The molecule has 1 unspecified atom stereocenters. The summed E-state index contributed by atoms with van der Waals surface area (Å²) in [6, 6.07) is 0. The molecule has 2 aliphatic heterocycles. The summed E-state index contributed by atoms with van der Waals surface area (Å²) < 4.78 is 5.59. The van der Waals surface area contributed by atoms with Crippen LogP contribution in [0, 0.1) is 5.41 Å². The molecule has 0 aliphatic carbocycles. The van der Waals surface area contributed by atoms with Gasteiger partial charge in [-0.2, -0.15) is 0 Å². The van der Waals surface area contributed by atoms with E-state index in [1.165, 1.54) is 19.4 Å². The van der Waals surface area contributed by atoms with E-state index >= 15 is 0 Å². The summed E-state index contributed by atoms with van der Waals surface area (Å²) in [4.78, 5) is 0. The van der Waals surface area contributed by atoms with Gasteiger partial charge < -0.3 is 15.4 Å². The van der Waals surface area contributed by atoms with Gasteiger partial charge in [0.15, 0.2) is 0 Å². The number of hydrogen-bond donors (Lipinski definition) is 2. The van der Waals surface area contributed by atoms with Gasteiger partial charge in [-0.05, 0) is 19.4 Å². The first-order chi connectivity index (χ1) is 5.91. The molecule has 0 saturated carbocycles. The van der Waals surface area contributed by atoms with Crippen LogP contribution in [0.4, 0.5) is 0 Å². The van der Waals surface area contributed by atoms with Crippen LogP contribution in [0.5, 0.6) is 0 Å². The van der Waals surface area contributed by atoms with Crippen LogP contribution in [0.25, 0.3) is 0 Å². The van der Waals surface area contributed by atoms with Crippen molar-refractivity contribution in [1.82, 2.24) is 10.6 Å². The van der Waals surface area contributed by atoms with E-state index in [2.05, 4.69) is 10.6 Å². The number of hydrogen-bond acceptors (Lipinski definition) is 3. The van der Waals surface area contributed by atoms with Crippen molar-refractivity contribution in [1.29, 1.82) is 0 Å². The molecular weight excluding hydrogens is 152 g/mol. The second kappa shape index (κ2) is 3.73. The van der Waals surface area contributed by atoms with Crippen molar-refractivity contribution >= 4 is 0 Å².